The number of anilines is 1. The first-order valence-electron chi connectivity index (χ1n) is 9.03. The zero-order valence-electron chi connectivity index (χ0n) is 15.8. The number of nitrogens with zero attached hydrogens (tertiary/aromatic N) is 4. The zero-order valence-corrected chi connectivity index (χ0v) is 17.5. The molecule has 1 amide bonds. The van der Waals surface area contributed by atoms with Crippen molar-refractivity contribution >= 4 is 46.2 Å². The van der Waals surface area contributed by atoms with E-state index in [0.717, 1.165) is 0 Å². The summed E-state index contributed by atoms with van der Waals surface area (Å²) in [5, 5.41) is 9.47. The number of amides is 1. The predicted octanol–water partition coefficient (Wildman–Crippen LogP) is 3.15. The Bertz CT molecular complexity index is 998. The largest absolute Gasteiger partial charge is 0.467 e. The molecule has 0 bridgehead atoms. The number of rotatable bonds is 4. The number of ether oxygens (including phenoxy) is 1. The van der Waals surface area contributed by atoms with Crippen molar-refractivity contribution in [3.8, 4) is 6.07 Å². The van der Waals surface area contributed by atoms with Crippen LogP contribution in [0.3, 0.4) is 0 Å². The van der Waals surface area contributed by atoms with E-state index >= 15 is 0 Å². The van der Waals surface area contributed by atoms with Crippen LogP contribution < -0.4 is 4.90 Å². The molecule has 0 aromatic carbocycles. The minimum atomic E-state index is -0.247. The van der Waals surface area contributed by atoms with Gasteiger partial charge < -0.3 is 18.5 Å². The van der Waals surface area contributed by atoms with Crippen LogP contribution in [0.15, 0.2) is 32.1 Å². The molecule has 0 spiro atoms. The molecule has 4 rings (SSSR count). The maximum atomic E-state index is 12.7. The van der Waals surface area contributed by atoms with Crippen LogP contribution in [0.2, 0.25) is 0 Å². The summed E-state index contributed by atoms with van der Waals surface area (Å²) >= 11 is 6.49. The highest BCUT2D eigenvalue weighted by Crippen LogP contribution is 2.34. The molecule has 2 atom stereocenters. The molecular formula is C19H18N4O4S2. The fraction of sp³-hybridized carbons (Fsp3) is 0.368. The molecule has 0 radical (unpaired) electrons. The van der Waals surface area contributed by atoms with Gasteiger partial charge in [-0.25, -0.2) is 0 Å². The van der Waals surface area contributed by atoms with Crippen LogP contribution >= 0.6 is 24.0 Å². The van der Waals surface area contributed by atoms with Crippen molar-refractivity contribution in [3.05, 3.63) is 40.6 Å². The topological polar surface area (TPSA) is 95.7 Å². The second-order valence-corrected chi connectivity index (χ2v) is 8.50. The highest BCUT2D eigenvalue weighted by molar-refractivity contribution is 8.26. The van der Waals surface area contributed by atoms with Crippen LogP contribution in [0.25, 0.3) is 6.08 Å². The Hall–Kier alpha value is -2.61. The van der Waals surface area contributed by atoms with Crippen LogP contribution in [0.1, 0.15) is 31.2 Å². The molecule has 150 valence electrons. The number of furan rings is 1. The first-order valence-corrected chi connectivity index (χ1v) is 10.3. The lowest BCUT2D eigenvalue weighted by Gasteiger charge is -2.34. The third-order valence-corrected chi connectivity index (χ3v) is 5.84. The molecule has 0 aliphatic carbocycles. The van der Waals surface area contributed by atoms with Gasteiger partial charge in [-0.05, 0) is 26.0 Å². The Morgan fingerprint density at radius 1 is 1.41 bits per heavy atom. The van der Waals surface area contributed by atoms with Crippen LogP contribution in [0.4, 0.5) is 5.88 Å². The summed E-state index contributed by atoms with van der Waals surface area (Å²) in [5.41, 5.74) is 0.184. The maximum absolute atomic E-state index is 12.7. The summed E-state index contributed by atoms with van der Waals surface area (Å²) in [6.45, 7) is 5.39. The molecule has 8 nitrogen and oxygen atoms in total. The minimum Gasteiger partial charge on any atom is -0.467 e. The van der Waals surface area contributed by atoms with Gasteiger partial charge in [-0.15, -0.1) is 0 Å². The quantitative estimate of drug-likeness (QED) is 0.535. The van der Waals surface area contributed by atoms with Crippen molar-refractivity contribution in [3.63, 3.8) is 0 Å². The van der Waals surface area contributed by atoms with Gasteiger partial charge in [0.05, 0.1) is 29.9 Å². The Balaban J connectivity index is 1.57. The number of hydrogen-bond donors (Lipinski definition) is 0. The third kappa shape index (κ3) is 4.07. The lowest BCUT2D eigenvalue weighted by molar-refractivity contribution is -0.122. The maximum Gasteiger partial charge on any atom is 0.266 e. The van der Waals surface area contributed by atoms with E-state index < -0.39 is 0 Å². The minimum absolute atomic E-state index is 0.0108. The summed E-state index contributed by atoms with van der Waals surface area (Å²) in [6, 6.07) is 5.61. The number of morpholine rings is 1. The molecule has 2 aliphatic heterocycles. The molecule has 4 heterocycles. The number of aromatic nitrogens is 1. The van der Waals surface area contributed by atoms with Crippen LogP contribution in [-0.4, -0.2) is 45.4 Å². The van der Waals surface area contributed by atoms with Gasteiger partial charge in [-0.1, -0.05) is 24.0 Å². The van der Waals surface area contributed by atoms with E-state index in [1.54, 1.807) is 18.4 Å². The standard InChI is InChI=1S/C19H18N4O4S2/c1-11-8-22(9-12(2)26-11)18-14(7-20)21-16(27-18)6-15-17(24)23(19(28)29-15)10-13-4-3-5-25-13/h3-6,11-12H,8-10H2,1-2H3/b15-6-/t11-,12-/m1/s1. The average Bonchev–Trinajstić information content (AvgIpc) is 3.38. The van der Waals surface area contributed by atoms with E-state index in [2.05, 4.69) is 11.1 Å². The molecule has 0 saturated carbocycles. The number of carbonyl (C=O) groups is 1. The van der Waals surface area contributed by atoms with Crippen molar-refractivity contribution in [2.24, 2.45) is 0 Å². The second-order valence-electron chi connectivity index (χ2n) is 6.83. The van der Waals surface area contributed by atoms with E-state index in [0.29, 0.717) is 34.0 Å². The lowest BCUT2D eigenvalue weighted by Crippen LogP contribution is -2.45. The Labute approximate surface area is 177 Å². The summed E-state index contributed by atoms with van der Waals surface area (Å²) < 4.78 is 17.3. The zero-order chi connectivity index (χ0) is 20.5. The summed E-state index contributed by atoms with van der Waals surface area (Å²) in [7, 11) is 0. The summed E-state index contributed by atoms with van der Waals surface area (Å²) in [6.07, 6.45) is 3.10. The molecule has 29 heavy (non-hydrogen) atoms. The summed E-state index contributed by atoms with van der Waals surface area (Å²) in [4.78, 5) is 20.8. The van der Waals surface area contributed by atoms with Gasteiger partial charge in [-0.2, -0.15) is 10.2 Å². The summed E-state index contributed by atoms with van der Waals surface area (Å²) in [5.74, 6) is 0.986. The number of nitriles is 1. The number of thiocarbonyl (C=S) groups is 1. The van der Waals surface area contributed by atoms with Crippen LogP contribution in [0.5, 0.6) is 0 Å². The van der Waals surface area contributed by atoms with Crippen LogP contribution in [-0.2, 0) is 16.1 Å². The highest BCUT2D eigenvalue weighted by Gasteiger charge is 2.34. The number of oxazole rings is 1. The molecule has 2 aromatic rings. The predicted molar refractivity (Wildman–Crippen MR) is 111 cm³/mol. The van der Waals surface area contributed by atoms with Gasteiger partial charge in [0.15, 0.2) is 0 Å². The van der Waals surface area contributed by atoms with E-state index in [-0.39, 0.29) is 36.2 Å². The monoisotopic (exact) mass is 430 g/mol. The molecule has 10 heteroatoms. The number of thioether (sulfide) groups is 1. The average molecular weight is 431 g/mol. The van der Waals surface area contributed by atoms with Gasteiger partial charge in [0.2, 0.25) is 17.5 Å². The SMILES string of the molecule is C[C@@H]1CN(c2oc(/C=C3\SC(=S)N(Cc4ccco4)C3=O)nc2C#N)C[C@@H](C)O1. The highest BCUT2D eigenvalue weighted by atomic mass is 32.2. The van der Waals surface area contributed by atoms with Crippen LogP contribution in [0, 0.1) is 11.3 Å². The van der Waals surface area contributed by atoms with Gasteiger partial charge in [0.1, 0.15) is 16.2 Å². The fourth-order valence-electron chi connectivity index (χ4n) is 3.33. The number of hydrogen-bond acceptors (Lipinski definition) is 9. The van der Waals surface area contributed by atoms with Gasteiger partial charge in [0.25, 0.3) is 5.91 Å². The van der Waals surface area contributed by atoms with Gasteiger partial charge in [-0.3, -0.25) is 9.69 Å². The third-order valence-electron chi connectivity index (χ3n) is 4.46. The normalized spacial score (nSPS) is 23.8. The van der Waals surface area contributed by atoms with Gasteiger partial charge >= 0.3 is 0 Å². The number of carbonyl (C=O) groups excluding carboxylic acids is 1. The molecular weight excluding hydrogens is 412 g/mol. The molecule has 2 saturated heterocycles. The molecule has 0 unspecified atom stereocenters. The Morgan fingerprint density at radius 3 is 2.83 bits per heavy atom. The second kappa shape index (κ2) is 8.02. The van der Waals surface area contributed by atoms with Crippen molar-refractivity contribution in [2.45, 2.75) is 32.6 Å². The molecule has 2 aliphatic rings. The smallest absolute Gasteiger partial charge is 0.266 e. The Kier molecular flexibility index (Phi) is 5.45. The molecule has 2 fully saturated rings. The van der Waals surface area contributed by atoms with Gasteiger partial charge in [0, 0.05) is 19.2 Å². The Morgan fingerprint density at radius 2 is 2.17 bits per heavy atom. The van der Waals surface area contributed by atoms with Crippen molar-refractivity contribution in [1.82, 2.24) is 9.88 Å². The fourth-order valence-corrected chi connectivity index (χ4v) is 4.55. The van der Waals surface area contributed by atoms with Crippen molar-refractivity contribution < 1.29 is 18.4 Å². The van der Waals surface area contributed by atoms with E-state index in [1.165, 1.54) is 22.7 Å². The first-order chi connectivity index (χ1) is 13.9. The molecule has 0 N–H and O–H groups in total. The van der Waals surface area contributed by atoms with E-state index in [4.69, 9.17) is 25.8 Å². The van der Waals surface area contributed by atoms with Crippen molar-refractivity contribution in [2.75, 3.05) is 18.0 Å². The van der Waals surface area contributed by atoms with E-state index in [9.17, 15) is 10.1 Å². The molecule has 2 aromatic heterocycles. The van der Waals surface area contributed by atoms with Crippen molar-refractivity contribution in [1.29, 1.82) is 5.26 Å². The lowest BCUT2D eigenvalue weighted by atomic mass is 10.2. The first kappa shape index (κ1) is 19.7. The van der Waals surface area contributed by atoms with E-state index in [1.807, 2.05) is 18.7 Å².